The first-order valence-electron chi connectivity index (χ1n) is 23.5. The number of carbonyl (C=O) groups excluding carboxylic acids is 3. The largest absolute Gasteiger partial charge is 0.478 e. The third kappa shape index (κ3) is 14.0. The summed E-state index contributed by atoms with van der Waals surface area (Å²) in [6.45, 7) is 1.67. The van der Waals surface area contributed by atoms with Gasteiger partial charge in [-0.15, -0.1) is 0 Å². The topological polar surface area (TPSA) is 216 Å². The van der Waals surface area contributed by atoms with Crippen molar-refractivity contribution in [3.63, 3.8) is 0 Å². The highest BCUT2D eigenvalue weighted by atomic mass is 19.2. The fourth-order valence-corrected chi connectivity index (χ4v) is 7.57. The van der Waals surface area contributed by atoms with E-state index in [1.807, 2.05) is 0 Å². The van der Waals surface area contributed by atoms with Gasteiger partial charge < -0.3 is 31.9 Å². The van der Waals surface area contributed by atoms with Crippen LogP contribution in [0.25, 0.3) is 33.8 Å². The van der Waals surface area contributed by atoms with Crippen LogP contribution in [0.3, 0.4) is 0 Å². The van der Waals surface area contributed by atoms with Gasteiger partial charge in [-0.3, -0.25) is 4.79 Å². The van der Waals surface area contributed by atoms with Crippen LogP contribution in [0.2, 0.25) is 0 Å². The van der Waals surface area contributed by atoms with Crippen molar-refractivity contribution in [3.8, 4) is 33.8 Å². The number of hydrogen-bond donors (Lipinski definition) is 5. The van der Waals surface area contributed by atoms with E-state index in [1.165, 1.54) is 30.3 Å². The molecule has 3 aromatic heterocycles. The molecule has 6 aromatic carbocycles. The molecule has 26 heteroatoms. The average Bonchev–Trinajstić information content (AvgIpc) is 3.64. The molecule has 424 valence electrons. The molecular formula is C57H36F12N8O6. The van der Waals surface area contributed by atoms with Crippen LogP contribution in [0.15, 0.2) is 146 Å². The zero-order valence-corrected chi connectivity index (χ0v) is 42.0. The first-order valence-corrected chi connectivity index (χ1v) is 23.5. The highest BCUT2D eigenvalue weighted by Crippen LogP contribution is 2.35. The monoisotopic (exact) mass is 1160 g/mol. The molecule has 0 saturated heterocycles. The van der Waals surface area contributed by atoms with Crippen LogP contribution in [-0.4, -0.2) is 50.5 Å². The number of nitrogens with zero attached hydrogens (tertiary/aromatic N) is 4. The van der Waals surface area contributed by atoms with Crippen molar-refractivity contribution in [2.75, 3.05) is 22.1 Å². The normalized spacial score (nSPS) is 10.6. The molecular weight excluding hydrogens is 1120 g/mol. The van der Waals surface area contributed by atoms with Gasteiger partial charge >= 0.3 is 18.0 Å². The van der Waals surface area contributed by atoms with Crippen LogP contribution >= 0.6 is 0 Å². The number of aromatic nitrogens is 3. The Hall–Kier alpha value is -10.8. The number of nitrogens with two attached hydrogens (primary N) is 2. The third-order valence-electron chi connectivity index (χ3n) is 11.3. The minimum absolute atomic E-state index is 0.0456. The number of para-hydroxylation sites is 3. The number of primary amides is 2. The van der Waals surface area contributed by atoms with Gasteiger partial charge in [0.25, 0.3) is 5.91 Å². The lowest BCUT2D eigenvalue weighted by Crippen LogP contribution is -2.33. The second kappa shape index (κ2) is 26.0. The summed E-state index contributed by atoms with van der Waals surface area (Å²) in [5.41, 5.74) is 6.52. The van der Waals surface area contributed by atoms with E-state index < -0.39 is 117 Å². The van der Waals surface area contributed by atoms with Gasteiger partial charge in [-0.1, -0.05) is 18.2 Å². The summed E-state index contributed by atoms with van der Waals surface area (Å²) in [7, 11) is 0. The number of halogens is 12. The maximum atomic E-state index is 14.3. The molecule has 0 spiro atoms. The van der Waals surface area contributed by atoms with E-state index in [1.54, 1.807) is 6.92 Å². The number of aromatic carboxylic acids is 1. The molecule has 0 radical (unpaired) electrons. The average molecular weight is 1160 g/mol. The number of nitrogens with one attached hydrogen (secondary N) is 2. The van der Waals surface area contributed by atoms with Gasteiger partial charge in [0.15, 0.2) is 0 Å². The van der Waals surface area contributed by atoms with Crippen molar-refractivity contribution in [2.45, 2.75) is 6.92 Å². The summed E-state index contributed by atoms with van der Waals surface area (Å²) in [5.74, 6) is -15.0. The number of carbonyl (C=O) groups is 4. The van der Waals surface area contributed by atoms with E-state index in [0.717, 1.165) is 97.1 Å². The number of rotatable bonds is 13. The van der Waals surface area contributed by atoms with Crippen LogP contribution < -0.4 is 27.0 Å². The zero-order valence-electron chi connectivity index (χ0n) is 42.0. The third-order valence-corrected chi connectivity index (χ3v) is 11.3. The van der Waals surface area contributed by atoms with Crippen molar-refractivity contribution < 1.29 is 81.7 Å². The number of amides is 3. The molecule has 14 nitrogen and oxygen atoms in total. The molecule has 0 unspecified atom stereocenters. The summed E-state index contributed by atoms with van der Waals surface area (Å²) < 4.78 is 171. The maximum Gasteiger partial charge on any atom is 0.340 e. The lowest BCUT2D eigenvalue weighted by molar-refractivity contribution is 0.0526. The van der Waals surface area contributed by atoms with E-state index in [9.17, 15) is 77.0 Å². The molecule has 9 rings (SSSR count). The van der Waals surface area contributed by atoms with Crippen LogP contribution in [0, 0.1) is 69.8 Å². The SMILES string of the molecule is CCOC(=O)c1ccc(Nc2c(F)cccc2F)nc1-c1ccc(F)cc1F.NC(=O)c1ccc(N(C(N)=O)c2c(F)cccc2F)nc1-c1ccc(F)cc1F.O=C(O)c1ccc(Nc2c(F)cccc2F)nc1-c1ccc(F)cc1F. The van der Waals surface area contributed by atoms with Crippen molar-refractivity contribution in [2.24, 2.45) is 11.5 Å². The Kier molecular flexibility index (Phi) is 18.7. The van der Waals surface area contributed by atoms with E-state index in [-0.39, 0.29) is 68.7 Å². The minimum Gasteiger partial charge on any atom is -0.478 e. The molecule has 0 saturated carbocycles. The number of ether oxygens (including phenoxy) is 1. The molecule has 9 aromatic rings. The van der Waals surface area contributed by atoms with Gasteiger partial charge in [0, 0.05) is 34.9 Å². The van der Waals surface area contributed by atoms with Gasteiger partial charge in [-0.25, -0.2) is 86.9 Å². The second-order valence-electron chi connectivity index (χ2n) is 16.7. The number of anilines is 6. The molecule has 0 atom stereocenters. The molecule has 7 N–H and O–H groups in total. The van der Waals surface area contributed by atoms with Crippen LogP contribution in [-0.2, 0) is 4.74 Å². The molecule has 3 heterocycles. The number of urea groups is 1. The highest BCUT2D eigenvalue weighted by molar-refractivity contribution is 6.02. The van der Waals surface area contributed by atoms with Crippen molar-refractivity contribution in [1.29, 1.82) is 0 Å². The van der Waals surface area contributed by atoms with Crippen LogP contribution in [0.5, 0.6) is 0 Å². The summed E-state index contributed by atoms with van der Waals surface area (Å²) in [6.07, 6.45) is 0. The molecule has 83 heavy (non-hydrogen) atoms. The van der Waals surface area contributed by atoms with Gasteiger partial charge in [0.05, 0.1) is 40.4 Å². The van der Waals surface area contributed by atoms with E-state index in [0.29, 0.717) is 23.1 Å². The van der Waals surface area contributed by atoms with E-state index in [4.69, 9.17) is 16.2 Å². The molecule has 3 amide bonds. The summed E-state index contributed by atoms with van der Waals surface area (Å²) in [5, 5.41) is 14.1. The Bertz CT molecular complexity index is 3930. The summed E-state index contributed by atoms with van der Waals surface area (Å²) in [6, 6.07) is 22.9. The Labute approximate surface area is 460 Å². The lowest BCUT2D eigenvalue weighted by atomic mass is 10.0. The first kappa shape index (κ1) is 59.9. The Morgan fingerprint density at radius 2 is 0.843 bits per heavy atom. The number of hydrogen-bond acceptors (Lipinski definition) is 10. The number of carboxylic acid groups (broad SMARTS) is 1. The Morgan fingerprint density at radius 3 is 1.22 bits per heavy atom. The fraction of sp³-hybridized carbons (Fsp3) is 0.0351. The van der Waals surface area contributed by atoms with Crippen molar-refractivity contribution >= 4 is 58.4 Å². The van der Waals surface area contributed by atoms with Gasteiger partial charge in [-0.05, 0) is 116 Å². The molecule has 0 aliphatic carbocycles. The number of esters is 1. The standard InChI is InChI=1S/C20H14F4N2O2.C19H12F4N4O2.C18H10F4N2O2/c1-2-28-20(27)13-8-9-17(26-19-14(22)4-3-5-15(19)23)25-18(13)12-7-6-11(21)10-16(12)24;20-9-4-5-10(14(23)8-9)16-11(18(24)28)6-7-15(26-16)27(19(25)29)17-12(21)2-1-3-13(17)22;19-9-4-5-10(14(22)8-9)16-11(18(25)26)6-7-15(23-16)24-17-12(20)2-1-3-13(17)21/h3-10H,2H2,1H3,(H,25,26);1-8H,(H2,24,28)(H2,25,29);1-8H,(H,23,24)(H,25,26). The predicted molar refractivity (Wildman–Crippen MR) is 278 cm³/mol. The molecule has 0 aliphatic heterocycles. The Balaban J connectivity index is 0.000000179. The lowest BCUT2D eigenvalue weighted by Gasteiger charge is -2.22. The minimum atomic E-state index is -1.39. The first-order chi connectivity index (χ1) is 39.5. The predicted octanol–water partition coefficient (Wildman–Crippen LogP) is 13.6. The van der Waals surface area contributed by atoms with Crippen LogP contribution in [0.4, 0.5) is 92.0 Å². The van der Waals surface area contributed by atoms with E-state index >= 15 is 0 Å². The zero-order chi connectivity index (χ0) is 60.4. The van der Waals surface area contributed by atoms with Gasteiger partial charge in [0.2, 0.25) is 0 Å². The quantitative estimate of drug-likeness (QED) is 0.0541. The number of benzene rings is 6. The van der Waals surface area contributed by atoms with Gasteiger partial charge in [0.1, 0.15) is 104 Å². The highest BCUT2D eigenvalue weighted by Gasteiger charge is 2.27. The van der Waals surface area contributed by atoms with Gasteiger partial charge in [-0.2, -0.15) is 0 Å². The summed E-state index contributed by atoms with van der Waals surface area (Å²) >= 11 is 0. The molecule has 0 aliphatic rings. The Morgan fingerprint density at radius 1 is 0.470 bits per heavy atom. The molecule has 0 bridgehead atoms. The number of carboxylic acids is 1. The maximum absolute atomic E-state index is 14.3. The fourth-order valence-electron chi connectivity index (χ4n) is 7.57. The second-order valence-corrected chi connectivity index (χ2v) is 16.7. The smallest absolute Gasteiger partial charge is 0.340 e. The summed E-state index contributed by atoms with van der Waals surface area (Å²) in [4.78, 5) is 59.7. The molecule has 0 fully saturated rings. The van der Waals surface area contributed by atoms with Crippen LogP contribution in [0.1, 0.15) is 38.0 Å². The van der Waals surface area contributed by atoms with Crippen molar-refractivity contribution in [3.05, 3.63) is 232 Å². The van der Waals surface area contributed by atoms with Crippen molar-refractivity contribution in [1.82, 2.24) is 15.0 Å². The number of pyridine rings is 3. The van der Waals surface area contributed by atoms with E-state index in [2.05, 4.69) is 25.6 Å².